The lowest BCUT2D eigenvalue weighted by Crippen LogP contribution is -2.51. The van der Waals surface area contributed by atoms with Gasteiger partial charge in [-0.05, 0) is 19.7 Å². The summed E-state index contributed by atoms with van der Waals surface area (Å²) in [6.07, 6.45) is 6.68. The second-order valence-electron chi connectivity index (χ2n) is 5.31. The molecule has 112 valence electrons. The smallest absolute Gasteiger partial charge is 0.235 e. The molecule has 2 rings (SSSR count). The summed E-state index contributed by atoms with van der Waals surface area (Å²) in [5.74, 6) is 1.30. The molecular weight excluding hydrogens is 272 g/mol. The Hall–Kier alpha value is -1.01. The van der Waals surface area contributed by atoms with E-state index in [4.69, 9.17) is 0 Å². The Morgan fingerprint density at radius 3 is 2.80 bits per heavy atom. The summed E-state index contributed by atoms with van der Waals surface area (Å²) >= 11 is 1.65. The minimum atomic E-state index is 0.0837. The van der Waals surface area contributed by atoms with Crippen LogP contribution in [0, 0.1) is 0 Å². The van der Waals surface area contributed by atoms with Gasteiger partial charge >= 0.3 is 0 Å². The number of aryl methyl sites for hydroxylation is 1. The van der Waals surface area contributed by atoms with Crippen molar-refractivity contribution >= 4 is 17.7 Å². The van der Waals surface area contributed by atoms with Crippen molar-refractivity contribution in [2.75, 3.05) is 32.9 Å². The number of carbonyl (C=O) groups excluding carboxylic acids is 1. The molecule has 1 aromatic rings. The summed E-state index contributed by atoms with van der Waals surface area (Å²) in [6, 6.07) is 0.187. The van der Waals surface area contributed by atoms with Gasteiger partial charge in [0.2, 0.25) is 5.91 Å². The SMILES string of the molecule is CC[C@H](SC)C(=O)N1CCN(C)[C@@H](c2nccn2C)C1. The molecule has 0 aromatic carbocycles. The van der Waals surface area contributed by atoms with E-state index in [1.165, 1.54) is 0 Å². The first-order valence-corrected chi connectivity index (χ1v) is 8.36. The quantitative estimate of drug-likeness (QED) is 0.842. The highest BCUT2D eigenvalue weighted by molar-refractivity contribution is 7.99. The summed E-state index contributed by atoms with van der Waals surface area (Å²) in [5.41, 5.74) is 0. The lowest BCUT2D eigenvalue weighted by atomic mass is 10.1. The van der Waals surface area contributed by atoms with E-state index in [-0.39, 0.29) is 17.2 Å². The Balaban J connectivity index is 2.12. The van der Waals surface area contributed by atoms with Crippen LogP contribution in [-0.2, 0) is 11.8 Å². The van der Waals surface area contributed by atoms with Crippen LogP contribution in [-0.4, -0.2) is 63.4 Å². The van der Waals surface area contributed by atoms with E-state index < -0.39 is 0 Å². The van der Waals surface area contributed by atoms with Crippen LogP contribution in [0.4, 0.5) is 0 Å². The summed E-state index contributed by atoms with van der Waals surface area (Å²) in [6.45, 7) is 4.52. The van der Waals surface area contributed by atoms with Crippen molar-refractivity contribution in [3.8, 4) is 0 Å². The van der Waals surface area contributed by atoms with Crippen LogP contribution < -0.4 is 0 Å². The third-order valence-corrected chi connectivity index (χ3v) is 5.15. The van der Waals surface area contributed by atoms with Gasteiger partial charge in [-0.2, -0.15) is 11.8 Å². The van der Waals surface area contributed by atoms with Gasteiger partial charge < -0.3 is 9.47 Å². The topological polar surface area (TPSA) is 41.4 Å². The number of aromatic nitrogens is 2. The van der Waals surface area contributed by atoms with Crippen molar-refractivity contribution in [2.24, 2.45) is 7.05 Å². The summed E-state index contributed by atoms with van der Waals surface area (Å²) < 4.78 is 2.04. The van der Waals surface area contributed by atoms with Crippen LogP contribution in [0.2, 0.25) is 0 Å². The lowest BCUT2D eigenvalue weighted by Gasteiger charge is -2.40. The first-order valence-electron chi connectivity index (χ1n) is 7.07. The molecule has 0 saturated carbocycles. The fraction of sp³-hybridized carbons (Fsp3) is 0.714. The number of carbonyl (C=O) groups is 1. The Morgan fingerprint density at radius 1 is 1.50 bits per heavy atom. The largest absolute Gasteiger partial charge is 0.338 e. The first kappa shape index (κ1) is 15.4. The number of nitrogens with zero attached hydrogens (tertiary/aromatic N) is 4. The summed E-state index contributed by atoms with van der Waals surface area (Å²) in [5, 5.41) is 0.0837. The monoisotopic (exact) mass is 296 g/mol. The Bertz CT molecular complexity index is 458. The molecule has 6 heteroatoms. The number of rotatable bonds is 4. The normalized spacial score (nSPS) is 22.0. The van der Waals surface area contributed by atoms with Crippen LogP contribution in [0.3, 0.4) is 0 Å². The zero-order valence-corrected chi connectivity index (χ0v) is 13.6. The van der Waals surface area contributed by atoms with E-state index in [2.05, 4.69) is 23.9 Å². The number of piperazine rings is 1. The van der Waals surface area contributed by atoms with Crippen LogP contribution in [0.5, 0.6) is 0 Å². The van der Waals surface area contributed by atoms with Gasteiger partial charge in [0.05, 0.1) is 11.3 Å². The zero-order valence-electron chi connectivity index (χ0n) is 12.7. The summed E-state index contributed by atoms with van der Waals surface area (Å²) in [4.78, 5) is 21.3. The molecule has 0 unspecified atom stereocenters. The zero-order chi connectivity index (χ0) is 14.7. The predicted molar refractivity (Wildman–Crippen MR) is 82.8 cm³/mol. The lowest BCUT2D eigenvalue weighted by molar-refractivity contribution is -0.133. The van der Waals surface area contributed by atoms with Gasteiger partial charge in [-0.1, -0.05) is 6.92 Å². The molecule has 0 N–H and O–H groups in total. The molecule has 1 aromatic heterocycles. The van der Waals surface area contributed by atoms with Crippen LogP contribution in [0.1, 0.15) is 25.2 Å². The fourth-order valence-corrected chi connectivity index (χ4v) is 3.38. The van der Waals surface area contributed by atoms with Crippen molar-refractivity contribution in [1.82, 2.24) is 19.4 Å². The standard InChI is InChI=1S/C14H24N4OS/c1-5-12(20-4)14(19)18-9-8-16(2)11(10-18)13-15-6-7-17(13)3/h6-7,11-12H,5,8-10H2,1-4H3/t11-,12+/m1/s1. The van der Waals surface area contributed by atoms with Crippen LogP contribution in [0.15, 0.2) is 12.4 Å². The van der Waals surface area contributed by atoms with E-state index in [1.54, 1.807) is 11.8 Å². The Labute approximate surface area is 125 Å². The number of likely N-dealkylation sites (N-methyl/N-ethyl adjacent to an activating group) is 1. The fourth-order valence-electron chi connectivity index (χ4n) is 2.70. The molecule has 2 heterocycles. The molecule has 0 aliphatic carbocycles. The minimum Gasteiger partial charge on any atom is -0.338 e. The van der Waals surface area contributed by atoms with Gasteiger partial charge in [0.15, 0.2) is 0 Å². The summed E-state index contributed by atoms with van der Waals surface area (Å²) in [7, 11) is 4.11. The maximum atomic E-state index is 12.5. The predicted octanol–water partition coefficient (Wildman–Crippen LogP) is 1.38. The van der Waals surface area contributed by atoms with Crippen LogP contribution in [0.25, 0.3) is 0 Å². The van der Waals surface area contributed by atoms with Gasteiger partial charge in [-0.3, -0.25) is 9.69 Å². The van der Waals surface area contributed by atoms with E-state index in [0.717, 1.165) is 31.9 Å². The molecular formula is C14H24N4OS. The molecule has 1 fully saturated rings. The van der Waals surface area contributed by atoms with Crippen molar-refractivity contribution in [3.63, 3.8) is 0 Å². The van der Waals surface area contributed by atoms with Crippen molar-refractivity contribution in [1.29, 1.82) is 0 Å². The van der Waals surface area contributed by atoms with Gasteiger partial charge in [0.25, 0.3) is 0 Å². The van der Waals surface area contributed by atoms with Gasteiger partial charge in [0.1, 0.15) is 5.82 Å². The van der Waals surface area contributed by atoms with Gasteiger partial charge in [0, 0.05) is 39.1 Å². The Kier molecular flexibility index (Phi) is 5.10. The first-order chi connectivity index (χ1) is 9.58. The molecule has 0 spiro atoms. The molecule has 5 nitrogen and oxygen atoms in total. The third-order valence-electron chi connectivity index (χ3n) is 4.05. The molecule has 0 bridgehead atoms. The molecule has 1 amide bonds. The number of amides is 1. The van der Waals surface area contributed by atoms with E-state index in [9.17, 15) is 4.79 Å². The van der Waals surface area contributed by atoms with Crippen LogP contribution >= 0.6 is 11.8 Å². The molecule has 1 saturated heterocycles. The van der Waals surface area contributed by atoms with Crippen molar-refractivity contribution in [2.45, 2.75) is 24.6 Å². The average Bonchev–Trinajstić information content (AvgIpc) is 2.86. The van der Waals surface area contributed by atoms with Gasteiger partial charge in [-0.15, -0.1) is 0 Å². The second kappa shape index (κ2) is 6.63. The van der Waals surface area contributed by atoms with Crippen molar-refractivity contribution in [3.05, 3.63) is 18.2 Å². The third kappa shape index (κ3) is 3.01. The number of thioether (sulfide) groups is 1. The number of imidazole rings is 1. The highest BCUT2D eigenvalue weighted by Gasteiger charge is 2.32. The number of hydrogen-bond acceptors (Lipinski definition) is 4. The van der Waals surface area contributed by atoms with E-state index in [0.29, 0.717) is 0 Å². The van der Waals surface area contributed by atoms with E-state index in [1.807, 2.05) is 35.2 Å². The minimum absolute atomic E-state index is 0.0837. The molecule has 20 heavy (non-hydrogen) atoms. The average molecular weight is 296 g/mol. The number of hydrogen-bond donors (Lipinski definition) is 0. The molecule has 0 radical (unpaired) electrons. The maximum Gasteiger partial charge on any atom is 0.235 e. The molecule has 1 aliphatic rings. The van der Waals surface area contributed by atoms with Crippen molar-refractivity contribution < 1.29 is 4.79 Å². The molecule has 1 aliphatic heterocycles. The second-order valence-corrected chi connectivity index (χ2v) is 6.35. The Morgan fingerprint density at radius 2 is 2.25 bits per heavy atom. The highest BCUT2D eigenvalue weighted by Crippen LogP contribution is 2.24. The van der Waals surface area contributed by atoms with Gasteiger partial charge in [-0.25, -0.2) is 4.98 Å². The van der Waals surface area contributed by atoms with E-state index >= 15 is 0 Å². The highest BCUT2D eigenvalue weighted by atomic mass is 32.2. The maximum absolute atomic E-state index is 12.5. The molecule has 2 atom stereocenters.